The maximum Gasteiger partial charge on any atom is 0.320 e. The molecule has 0 fully saturated rings. The second-order valence-electron chi connectivity index (χ2n) is 8.00. The van der Waals surface area contributed by atoms with E-state index in [4.69, 9.17) is 9.47 Å². The van der Waals surface area contributed by atoms with Gasteiger partial charge in [0.15, 0.2) is 0 Å². The van der Waals surface area contributed by atoms with Crippen molar-refractivity contribution in [1.82, 2.24) is 9.55 Å². The highest BCUT2D eigenvalue weighted by molar-refractivity contribution is 6.05. The molecule has 0 spiro atoms. The first-order chi connectivity index (χ1) is 17.4. The second-order valence-corrected chi connectivity index (χ2v) is 8.00. The van der Waals surface area contributed by atoms with Crippen molar-refractivity contribution in [2.24, 2.45) is 0 Å². The van der Waals surface area contributed by atoms with E-state index in [1.165, 1.54) is 0 Å². The Kier molecular flexibility index (Phi) is 7.68. The van der Waals surface area contributed by atoms with Crippen molar-refractivity contribution in [1.29, 1.82) is 0 Å². The van der Waals surface area contributed by atoms with Gasteiger partial charge in [-0.1, -0.05) is 30.3 Å². The van der Waals surface area contributed by atoms with Crippen LogP contribution in [0.25, 0.3) is 11.0 Å². The summed E-state index contributed by atoms with van der Waals surface area (Å²) in [6.07, 6.45) is 0. The monoisotopic (exact) mass is 494 g/mol. The van der Waals surface area contributed by atoms with E-state index < -0.39 is 12.6 Å². The fourth-order valence-corrected chi connectivity index (χ4v) is 3.98. The quantitative estimate of drug-likeness (QED) is 0.258. The molecular formula is C27H28F2N4O3. The first-order valence-corrected chi connectivity index (χ1v) is 11.7. The summed E-state index contributed by atoms with van der Waals surface area (Å²) in [6.45, 7) is 3.39. The van der Waals surface area contributed by atoms with Gasteiger partial charge in [-0.3, -0.25) is 9.36 Å². The predicted octanol–water partition coefficient (Wildman–Crippen LogP) is 6.65. The summed E-state index contributed by atoms with van der Waals surface area (Å²) in [6, 6.07) is 18.4. The van der Waals surface area contributed by atoms with E-state index in [0.717, 1.165) is 4.57 Å². The number of hydrogen-bond donors (Lipinski definition) is 2. The van der Waals surface area contributed by atoms with Gasteiger partial charge in [-0.2, -0.15) is 8.78 Å². The third-order valence-corrected chi connectivity index (χ3v) is 5.54. The number of amides is 1. The zero-order valence-electron chi connectivity index (χ0n) is 20.3. The Morgan fingerprint density at radius 1 is 0.944 bits per heavy atom. The standard InChI is InChI=1S/C27H28F2N4O3/c1-4-35-23-16-21(32-26(34)18-11-7-6-8-12-18)24(36-5-2)15-20(23)30-17(3)25-31-19-13-9-10-14-22(19)33(25)27(28)29/h6-17,27,30H,4-5H2,1-3H3,(H,32,34). The number of carbonyl (C=O) groups excluding carboxylic acids is 1. The number of imidazole rings is 1. The molecule has 0 saturated carbocycles. The molecule has 0 bridgehead atoms. The molecule has 0 aliphatic heterocycles. The predicted molar refractivity (Wildman–Crippen MR) is 136 cm³/mol. The zero-order valence-corrected chi connectivity index (χ0v) is 20.3. The molecule has 9 heteroatoms. The van der Waals surface area contributed by atoms with Gasteiger partial charge in [0.2, 0.25) is 0 Å². The molecule has 7 nitrogen and oxygen atoms in total. The summed E-state index contributed by atoms with van der Waals surface area (Å²) in [5.74, 6) is 0.755. The summed E-state index contributed by atoms with van der Waals surface area (Å²) >= 11 is 0. The van der Waals surface area contributed by atoms with Gasteiger partial charge in [-0.25, -0.2) is 4.98 Å². The van der Waals surface area contributed by atoms with Gasteiger partial charge in [0.05, 0.1) is 41.7 Å². The van der Waals surface area contributed by atoms with Crippen LogP contribution < -0.4 is 20.1 Å². The molecule has 36 heavy (non-hydrogen) atoms. The van der Waals surface area contributed by atoms with Crippen LogP contribution in [0.2, 0.25) is 0 Å². The molecule has 3 aromatic carbocycles. The molecule has 1 amide bonds. The van der Waals surface area contributed by atoms with Gasteiger partial charge in [0.1, 0.15) is 17.3 Å². The van der Waals surface area contributed by atoms with Crippen molar-refractivity contribution in [3.8, 4) is 11.5 Å². The van der Waals surface area contributed by atoms with Crippen molar-refractivity contribution < 1.29 is 23.0 Å². The maximum absolute atomic E-state index is 14.0. The fourth-order valence-electron chi connectivity index (χ4n) is 3.98. The number of hydrogen-bond acceptors (Lipinski definition) is 5. The normalized spacial score (nSPS) is 11.9. The Morgan fingerprint density at radius 3 is 2.22 bits per heavy atom. The number of rotatable bonds is 10. The van der Waals surface area contributed by atoms with Gasteiger partial charge in [-0.05, 0) is 45.0 Å². The van der Waals surface area contributed by atoms with Crippen molar-refractivity contribution in [2.75, 3.05) is 23.8 Å². The van der Waals surface area contributed by atoms with E-state index in [9.17, 15) is 13.6 Å². The molecule has 0 aliphatic carbocycles. The Balaban J connectivity index is 1.69. The van der Waals surface area contributed by atoms with Crippen LogP contribution in [0.4, 0.5) is 20.2 Å². The summed E-state index contributed by atoms with van der Waals surface area (Å²) in [5.41, 5.74) is 2.31. The smallest absolute Gasteiger partial charge is 0.320 e. The lowest BCUT2D eigenvalue weighted by atomic mass is 10.1. The van der Waals surface area contributed by atoms with Crippen LogP contribution in [-0.4, -0.2) is 28.7 Å². The minimum atomic E-state index is -2.75. The first-order valence-electron chi connectivity index (χ1n) is 11.7. The lowest BCUT2D eigenvalue weighted by Gasteiger charge is -2.21. The van der Waals surface area contributed by atoms with Crippen LogP contribution in [-0.2, 0) is 0 Å². The molecule has 0 aliphatic rings. The number of halogens is 2. The van der Waals surface area contributed by atoms with Crippen LogP contribution in [0.1, 0.15) is 49.5 Å². The van der Waals surface area contributed by atoms with Crippen molar-refractivity contribution in [3.05, 3.63) is 78.1 Å². The van der Waals surface area contributed by atoms with Gasteiger partial charge >= 0.3 is 6.55 Å². The van der Waals surface area contributed by atoms with E-state index >= 15 is 0 Å². The van der Waals surface area contributed by atoms with Gasteiger partial charge in [0.25, 0.3) is 5.91 Å². The summed E-state index contributed by atoms with van der Waals surface area (Å²) < 4.78 is 40.5. The van der Waals surface area contributed by atoms with Crippen LogP contribution >= 0.6 is 0 Å². The number of benzene rings is 3. The van der Waals surface area contributed by atoms with E-state index in [2.05, 4.69) is 15.6 Å². The summed E-state index contributed by atoms with van der Waals surface area (Å²) in [5, 5.41) is 6.12. The van der Waals surface area contributed by atoms with E-state index in [-0.39, 0.29) is 11.7 Å². The molecule has 0 saturated heterocycles. The van der Waals surface area contributed by atoms with Crippen molar-refractivity contribution >= 4 is 28.3 Å². The number of alkyl halides is 2. The zero-order chi connectivity index (χ0) is 25.7. The highest BCUT2D eigenvalue weighted by atomic mass is 19.3. The van der Waals surface area contributed by atoms with E-state index in [1.54, 1.807) is 67.6 Å². The molecule has 0 radical (unpaired) electrons. The van der Waals surface area contributed by atoms with Crippen LogP contribution in [0.5, 0.6) is 11.5 Å². The topological polar surface area (TPSA) is 77.4 Å². The number of carbonyl (C=O) groups is 1. The minimum absolute atomic E-state index is 0.188. The van der Waals surface area contributed by atoms with E-state index in [0.29, 0.717) is 52.7 Å². The SMILES string of the molecule is CCOc1cc(NC(C)c2nc3ccccc3n2C(F)F)c(OCC)cc1NC(=O)c1ccccc1. The molecular weight excluding hydrogens is 466 g/mol. The van der Waals surface area contributed by atoms with Gasteiger partial charge in [0, 0.05) is 17.7 Å². The molecule has 4 rings (SSSR count). The number of aromatic nitrogens is 2. The maximum atomic E-state index is 14.0. The number of ether oxygens (including phenoxy) is 2. The summed E-state index contributed by atoms with van der Waals surface area (Å²) in [4.78, 5) is 17.2. The number of para-hydroxylation sites is 2. The summed E-state index contributed by atoms with van der Waals surface area (Å²) in [7, 11) is 0. The van der Waals surface area contributed by atoms with Gasteiger partial charge in [-0.15, -0.1) is 0 Å². The number of nitrogens with one attached hydrogen (secondary N) is 2. The lowest BCUT2D eigenvalue weighted by Crippen LogP contribution is -2.16. The number of anilines is 2. The van der Waals surface area contributed by atoms with E-state index in [1.807, 2.05) is 19.9 Å². The lowest BCUT2D eigenvalue weighted by molar-refractivity contribution is 0.0708. The Labute approximate surface area is 208 Å². The molecule has 188 valence electrons. The Hall–Kier alpha value is -4.14. The fraction of sp³-hybridized carbons (Fsp3) is 0.259. The molecule has 1 unspecified atom stereocenters. The highest BCUT2D eigenvalue weighted by Crippen LogP contribution is 2.39. The molecule has 1 aromatic heterocycles. The third kappa shape index (κ3) is 5.25. The third-order valence-electron chi connectivity index (χ3n) is 5.54. The first kappa shape index (κ1) is 25.0. The van der Waals surface area contributed by atoms with Gasteiger partial charge < -0.3 is 20.1 Å². The van der Waals surface area contributed by atoms with Crippen LogP contribution in [0, 0.1) is 0 Å². The Bertz CT molecular complexity index is 1340. The second kappa shape index (κ2) is 11.1. The molecule has 1 atom stereocenters. The van der Waals surface area contributed by atoms with Crippen molar-refractivity contribution in [3.63, 3.8) is 0 Å². The molecule has 2 N–H and O–H groups in total. The average Bonchev–Trinajstić information content (AvgIpc) is 3.27. The Morgan fingerprint density at radius 2 is 1.56 bits per heavy atom. The molecule has 1 heterocycles. The highest BCUT2D eigenvalue weighted by Gasteiger charge is 2.23. The van der Waals surface area contributed by atoms with Crippen molar-refractivity contribution in [2.45, 2.75) is 33.4 Å². The minimum Gasteiger partial charge on any atom is -0.492 e. The number of nitrogens with zero attached hydrogens (tertiary/aromatic N) is 2. The average molecular weight is 495 g/mol. The van der Waals surface area contributed by atoms with Crippen LogP contribution in [0.3, 0.4) is 0 Å². The number of fused-ring (bicyclic) bond motifs is 1. The largest absolute Gasteiger partial charge is 0.492 e. The molecule has 4 aromatic rings. The van der Waals surface area contributed by atoms with Crippen LogP contribution in [0.15, 0.2) is 66.7 Å².